The highest BCUT2D eigenvalue weighted by Gasteiger charge is 2.23. The Morgan fingerprint density at radius 3 is 2.52 bits per heavy atom. The Morgan fingerprint density at radius 2 is 1.84 bits per heavy atom. The van der Waals surface area contributed by atoms with Crippen molar-refractivity contribution in [1.82, 2.24) is 9.88 Å². The predicted molar refractivity (Wildman–Crippen MR) is 120 cm³/mol. The maximum atomic E-state index is 13.1. The normalized spacial score (nSPS) is 10.7. The van der Waals surface area contributed by atoms with E-state index in [2.05, 4.69) is 31.0 Å². The first kappa shape index (κ1) is 22.6. The summed E-state index contributed by atoms with van der Waals surface area (Å²) in [7, 11) is 0. The number of nitrogens with zero attached hydrogens (tertiary/aromatic N) is 2. The number of thioether (sulfide) groups is 1. The topological polar surface area (TPSA) is 72.6 Å². The molecule has 0 N–H and O–H groups in total. The van der Waals surface area contributed by atoms with E-state index in [1.807, 2.05) is 12.1 Å². The van der Waals surface area contributed by atoms with Crippen molar-refractivity contribution >= 4 is 23.6 Å². The van der Waals surface area contributed by atoms with Crippen molar-refractivity contribution in [2.24, 2.45) is 0 Å². The van der Waals surface area contributed by atoms with Gasteiger partial charge in [-0.15, -0.1) is 11.8 Å². The molecule has 0 fully saturated rings. The van der Waals surface area contributed by atoms with Gasteiger partial charge < -0.3 is 14.1 Å². The Kier molecular flexibility index (Phi) is 7.89. The third-order valence-electron chi connectivity index (χ3n) is 4.63. The van der Waals surface area contributed by atoms with E-state index in [9.17, 15) is 9.59 Å². The fraction of sp³-hybridized carbons (Fsp3) is 0.292. The van der Waals surface area contributed by atoms with Crippen LogP contribution < -0.4 is 0 Å². The van der Waals surface area contributed by atoms with Crippen LogP contribution in [0.15, 0.2) is 64.0 Å². The molecule has 0 radical (unpaired) electrons. The van der Waals surface area contributed by atoms with E-state index in [0.29, 0.717) is 17.2 Å². The molecule has 3 rings (SSSR count). The summed E-state index contributed by atoms with van der Waals surface area (Å²) in [6, 6.07) is 15.1. The lowest BCUT2D eigenvalue weighted by molar-refractivity contribution is -0.144. The van der Waals surface area contributed by atoms with Crippen molar-refractivity contribution in [1.29, 1.82) is 0 Å². The molecule has 162 valence electrons. The van der Waals surface area contributed by atoms with Crippen LogP contribution in [-0.2, 0) is 21.8 Å². The van der Waals surface area contributed by atoms with Crippen LogP contribution >= 0.6 is 11.8 Å². The first-order valence-corrected chi connectivity index (χ1v) is 11.1. The van der Waals surface area contributed by atoms with Gasteiger partial charge in [0.1, 0.15) is 12.3 Å². The van der Waals surface area contributed by atoms with Crippen molar-refractivity contribution in [2.45, 2.75) is 38.0 Å². The molecule has 31 heavy (non-hydrogen) atoms. The van der Waals surface area contributed by atoms with Gasteiger partial charge in [-0.25, -0.2) is 0 Å². The fourth-order valence-corrected chi connectivity index (χ4v) is 4.18. The third-order valence-corrected chi connectivity index (χ3v) is 5.99. The van der Waals surface area contributed by atoms with E-state index in [-0.39, 0.29) is 31.4 Å². The van der Waals surface area contributed by atoms with Crippen LogP contribution in [0.5, 0.6) is 0 Å². The number of aromatic nitrogens is 1. The lowest BCUT2D eigenvalue weighted by Gasteiger charge is -2.20. The highest BCUT2D eigenvalue weighted by molar-refractivity contribution is 7.98. The quantitative estimate of drug-likeness (QED) is 0.353. The average molecular weight is 439 g/mol. The highest BCUT2D eigenvalue weighted by Crippen LogP contribution is 2.29. The molecule has 0 aliphatic rings. The zero-order valence-corrected chi connectivity index (χ0v) is 18.8. The zero-order valence-electron chi connectivity index (χ0n) is 18.0. The summed E-state index contributed by atoms with van der Waals surface area (Å²) in [4.78, 5) is 32.0. The Morgan fingerprint density at radius 1 is 1.06 bits per heavy atom. The Hall–Kier alpha value is -3.06. The number of esters is 1. The minimum atomic E-state index is -0.468. The molecule has 0 saturated carbocycles. The molecule has 2 aromatic heterocycles. The van der Waals surface area contributed by atoms with Crippen LogP contribution in [0.3, 0.4) is 0 Å². The largest absolute Gasteiger partial charge is 0.465 e. The van der Waals surface area contributed by atoms with Crippen LogP contribution in [0.25, 0.3) is 0 Å². The maximum absolute atomic E-state index is 13.1. The van der Waals surface area contributed by atoms with Crippen molar-refractivity contribution in [3.05, 3.63) is 83.1 Å². The number of aryl methyl sites for hydroxylation is 2. The van der Waals surface area contributed by atoms with E-state index < -0.39 is 5.97 Å². The lowest BCUT2D eigenvalue weighted by atomic mass is 10.2. The minimum Gasteiger partial charge on any atom is -0.465 e. The number of furan rings is 1. The van der Waals surface area contributed by atoms with Gasteiger partial charge in [-0.3, -0.25) is 14.6 Å². The molecule has 0 aliphatic carbocycles. The monoisotopic (exact) mass is 438 g/mol. The molecule has 2 heterocycles. The van der Waals surface area contributed by atoms with Gasteiger partial charge >= 0.3 is 5.97 Å². The number of pyridine rings is 1. The summed E-state index contributed by atoms with van der Waals surface area (Å²) >= 11 is 1.68. The summed E-state index contributed by atoms with van der Waals surface area (Å²) in [5.41, 5.74) is 3.10. The van der Waals surface area contributed by atoms with Crippen LogP contribution in [0, 0.1) is 13.8 Å². The molecule has 0 bridgehead atoms. The summed E-state index contributed by atoms with van der Waals surface area (Å²) in [6.07, 6.45) is 1.65. The summed E-state index contributed by atoms with van der Waals surface area (Å²) in [6.45, 7) is 6.16. The van der Waals surface area contributed by atoms with Crippen LogP contribution in [0.1, 0.15) is 40.1 Å². The van der Waals surface area contributed by atoms with Crippen LogP contribution in [0.2, 0.25) is 0 Å². The molecule has 1 aromatic carbocycles. The SMILES string of the molecule is CCOC(=O)CN(Cc1ccccn1)C(=O)c1ccc(CSc2c(C)cccc2C)o1. The molecule has 0 unspecified atom stereocenters. The van der Waals surface area contributed by atoms with Crippen molar-refractivity contribution in [2.75, 3.05) is 13.2 Å². The minimum absolute atomic E-state index is 0.170. The second-order valence-electron chi connectivity index (χ2n) is 7.06. The van der Waals surface area contributed by atoms with Gasteiger partial charge in [0.25, 0.3) is 5.91 Å². The second-order valence-corrected chi connectivity index (χ2v) is 8.05. The van der Waals surface area contributed by atoms with Gasteiger partial charge in [0.2, 0.25) is 0 Å². The molecule has 0 atom stereocenters. The number of carbonyl (C=O) groups is 2. The zero-order chi connectivity index (χ0) is 22.2. The van der Waals surface area contributed by atoms with Gasteiger partial charge in [-0.1, -0.05) is 24.3 Å². The molecular weight excluding hydrogens is 412 g/mol. The molecular formula is C24H26N2O4S. The number of hydrogen-bond acceptors (Lipinski definition) is 6. The lowest BCUT2D eigenvalue weighted by Crippen LogP contribution is -2.36. The van der Waals surface area contributed by atoms with Crippen LogP contribution in [-0.4, -0.2) is 34.9 Å². The molecule has 6 nitrogen and oxygen atoms in total. The maximum Gasteiger partial charge on any atom is 0.325 e. The van der Waals surface area contributed by atoms with Gasteiger partial charge in [-0.2, -0.15) is 0 Å². The summed E-state index contributed by atoms with van der Waals surface area (Å²) in [5, 5.41) is 0. The number of ether oxygens (including phenoxy) is 1. The smallest absolute Gasteiger partial charge is 0.325 e. The van der Waals surface area contributed by atoms with E-state index in [1.54, 1.807) is 49.1 Å². The molecule has 0 aliphatic heterocycles. The van der Waals surface area contributed by atoms with Gasteiger partial charge in [0.05, 0.1) is 24.6 Å². The van der Waals surface area contributed by atoms with E-state index in [0.717, 1.165) is 0 Å². The highest BCUT2D eigenvalue weighted by atomic mass is 32.2. The van der Waals surface area contributed by atoms with E-state index >= 15 is 0 Å². The Bertz CT molecular complexity index is 1010. The van der Waals surface area contributed by atoms with E-state index in [1.165, 1.54) is 20.9 Å². The Labute approximate surface area is 186 Å². The standard InChI is InChI=1S/C24H26N2O4S/c1-4-29-22(27)15-26(14-19-10-5-6-13-25-19)24(28)21-12-11-20(30-21)16-31-23-17(2)8-7-9-18(23)3/h5-13H,4,14-16H2,1-3H3. The Balaban J connectivity index is 1.72. The van der Waals surface area contributed by atoms with Gasteiger partial charge in [0.15, 0.2) is 5.76 Å². The van der Waals surface area contributed by atoms with Crippen LogP contribution in [0.4, 0.5) is 0 Å². The first-order chi connectivity index (χ1) is 15.0. The number of carbonyl (C=O) groups excluding carboxylic acids is 2. The predicted octanol–water partition coefficient (Wildman–Crippen LogP) is 4.79. The molecule has 0 spiro atoms. The first-order valence-electron chi connectivity index (χ1n) is 10.1. The van der Waals surface area contributed by atoms with E-state index in [4.69, 9.17) is 9.15 Å². The van der Waals surface area contributed by atoms with Crippen molar-refractivity contribution in [3.63, 3.8) is 0 Å². The molecule has 1 amide bonds. The fourth-order valence-electron chi connectivity index (χ4n) is 3.15. The van der Waals surface area contributed by atoms with Gasteiger partial charge in [-0.05, 0) is 56.2 Å². The molecule has 0 saturated heterocycles. The summed E-state index contributed by atoms with van der Waals surface area (Å²) < 4.78 is 10.8. The van der Waals surface area contributed by atoms with Crippen molar-refractivity contribution in [3.8, 4) is 0 Å². The number of benzene rings is 1. The molecule has 7 heteroatoms. The number of rotatable bonds is 9. The number of amides is 1. The third kappa shape index (κ3) is 6.21. The number of hydrogen-bond donors (Lipinski definition) is 0. The average Bonchev–Trinajstić information content (AvgIpc) is 3.22. The summed E-state index contributed by atoms with van der Waals surface area (Å²) in [5.74, 6) is 0.658. The van der Waals surface area contributed by atoms with Crippen molar-refractivity contribution < 1.29 is 18.7 Å². The molecule has 3 aromatic rings. The second kappa shape index (κ2) is 10.8. The van der Waals surface area contributed by atoms with Gasteiger partial charge in [0, 0.05) is 11.1 Å².